The molecule has 19 heavy (non-hydrogen) atoms. The molecule has 0 saturated carbocycles. The zero-order chi connectivity index (χ0) is 14.3. The highest BCUT2D eigenvalue weighted by Crippen LogP contribution is 2.24. The summed E-state index contributed by atoms with van der Waals surface area (Å²) in [5.41, 5.74) is 1.89. The third-order valence-electron chi connectivity index (χ3n) is 2.90. The predicted octanol–water partition coefficient (Wildman–Crippen LogP) is 3.28. The van der Waals surface area contributed by atoms with Crippen molar-refractivity contribution in [2.24, 2.45) is 0 Å². The molecule has 0 unspecified atom stereocenters. The molecule has 0 spiro atoms. The van der Waals surface area contributed by atoms with E-state index in [1.54, 1.807) is 13.0 Å². The number of carbonyl (C=O) groups excluding carboxylic acids is 1. The number of hydrogen-bond donors (Lipinski definition) is 0. The average Bonchev–Trinajstić information content (AvgIpc) is 2.39. The fourth-order valence-electron chi connectivity index (χ4n) is 2.00. The third kappa shape index (κ3) is 4.54. The highest BCUT2D eigenvalue weighted by atomic mass is 19.1. The first-order valence-corrected chi connectivity index (χ1v) is 6.63. The lowest BCUT2D eigenvalue weighted by atomic mass is 9.98. The van der Waals surface area contributed by atoms with Gasteiger partial charge < -0.3 is 9.47 Å². The van der Waals surface area contributed by atoms with Crippen molar-refractivity contribution < 1.29 is 18.7 Å². The van der Waals surface area contributed by atoms with Crippen molar-refractivity contribution >= 4 is 5.97 Å². The Morgan fingerprint density at radius 3 is 2.47 bits per heavy atom. The largest absolute Gasteiger partial charge is 0.494 e. The Morgan fingerprint density at radius 2 is 1.89 bits per heavy atom. The lowest BCUT2D eigenvalue weighted by Gasteiger charge is -2.12. The lowest BCUT2D eigenvalue weighted by molar-refractivity contribution is -0.143. The monoisotopic (exact) mass is 268 g/mol. The Morgan fingerprint density at radius 1 is 1.21 bits per heavy atom. The summed E-state index contributed by atoms with van der Waals surface area (Å²) in [4.78, 5) is 11.4. The Bertz CT molecular complexity index is 430. The van der Waals surface area contributed by atoms with Crippen molar-refractivity contribution in [1.29, 1.82) is 0 Å². The molecule has 0 aromatic heterocycles. The number of carbonyl (C=O) groups is 1. The second-order valence-electron chi connectivity index (χ2n) is 4.31. The van der Waals surface area contributed by atoms with Gasteiger partial charge >= 0.3 is 5.97 Å². The molecule has 1 rings (SSSR count). The van der Waals surface area contributed by atoms with Crippen molar-refractivity contribution in [3.63, 3.8) is 0 Å². The van der Waals surface area contributed by atoms with Crippen molar-refractivity contribution in [3.8, 4) is 5.75 Å². The number of ether oxygens (including phenoxy) is 2. The van der Waals surface area contributed by atoms with Crippen LogP contribution in [0.15, 0.2) is 12.1 Å². The highest BCUT2D eigenvalue weighted by Gasteiger charge is 2.11. The fraction of sp³-hybridized carbons (Fsp3) is 0.533. The van der Waals surface area contributed by atoms with Crippen LogP contribution in [0.2, 0.25) is 0 Å². The number of aryl methyl sites for hydroxylation is 2. The molecule has 0 heterocycles. The SMILES string of the molecule is CCCc1cc(OC)c(F)cc1CCC(=O)OCC. The van der Waals surface area contributed by atoms with E-state index in [1.807, 2.05) is 0 Å². The molecule has 0 N–H and O–H groups in total. The van der Waals surface area contributed by atoms with Crippen LogP contribution in [0.3, 0.4) is 0 Å². The van der Waals surface area contributed by atoms with E-state index in [0.717, 1.165) is 24.0 Å². The Labute approximate surface area is 113 Å². The van der Waals surface area contributed by atoms with Crippen LogP contribution in [0.5, 0.6) is 5.75 Å². The number of esters is 1. The van der Waals surface area contributed by atoms with Crippen molar-refractivity contribution in [2.45, 2.75) is 39.5 Å². The van der Waals surface area contributed by atoms with Gasteiger partial charge in [0.25, 0.3) is 0 Å². The summed E-state index contributed by atoms with van der Waals surface area (Å²) >= 11 is 0. The van der Waals surface area contributed by atoms with Crippen molar-refractivity contribution in [1.82, 2.24) is 0 Å². The smallest absolute Gasteiger partial charge is 0.306 e. The standard InChI is InChI=1S/C15H21FO3/c1-4-6-11-10-14(18-3)13(16)9-12(11)7-8-15(17)19-5-2/h9-10H,4-8H2,1-3H3. The van der Waals surface area contributed by atoms with E-state index in [0.29, 0.717) is 13.0 Å². The van der Waals surface area contributed by atoms with Crippen LogP contribution in [-0.4, -0.2) is 19.7 Å². The molecule has 0 fully saturated rings. The van der Waals surface area contributed by atoms with Gasteiger partial charge in [-0.15, -0.1) is 0 Å². The minimum atomic E-state index is -0.388. The molecule has 0 radical (unpaired) electrons. The van der Waals surface area contributed by atoms with Crippen LogP contribution in [0.25, 0.3) is 0 Å². The van der Waals surface area contributed by atoms with E-state index in [1.165, 1.54) is 13.2 Å². The average molecular weight is 268 g/mol. The van der Waals surface area contributed by atoms with Crippen LogP contribution in [0, 0.1) is 5.82 Å². The van der Waals surface area contributed by atoms with Gasteiger partial charge in [0.15, 0.2) is 11.6 Å². The first-order chi connectivity index (χ1) is 9.12. The summed E-state index contributed by atoms with van der Waals surface area (Å²) in [7, 11) is 1.45. The van der Waals surface area contributed by atoms with Crippen molar-refractivity contribution in [2.75, 3.05) is 13.7 Å². The number of benzene rings is 1. The van der Waals surface area contributed by atoms with Crippen LogP contribution >= 0.6 is 0 Å². The minimum Gasteiger partial charge on any atom is -0.494 e. The molecule has 106 valence electrons. The summed E-state index contributed by atoms with van der Waals surface area (Å²) < 4.78 is 23.6. The number of halogens is 1. The Balaban J connectivity index is 2.85. The van der Waals surface area contributed by atoms with Gasteiger partial charge in [-0.25, -0.2) is 4.39 Å². The molecule has 0 saturated heterocycles. The van der Waals surface area contributed by atoms with Crippen LogP contribution in [0.1, 0.15) is 37.8 Å². The van der Waals surface area contributed by atoms with Gasteiger partial charge in [-0.3, -0.25) is 4.79 Å². The molecule has 3 nitrogen and oxygen atoms in total. The summed E-state index contributed by atoms with van der Waals surface area (Å²) in [5.74, 6) is -0.384. The molecular weight excluding hydrogens is 247 g/mol. The molecule has 1 aromatic carbocycles. The lowest BCUT2D eigenvalue weighted by Crippen LogP contribution is -2.07. The van der Waals surface area contributed by atoms with Gasteiger partial charge in [0.2, 0.25) is 0 Å². The van der Waals surface area contributed by atoms with E-state index in [4.69, 9.17) is 9.47 Å². The van der Waals surface area contributed by atoms with E-state index in [9.17, 15) is 9.18 Å². The molecule has 0 atom stereocenters. The maximum atomic E-state index is 13.7. The third-order valence-corrected chi connectivity index (χ3v) is 2.90. The predicted molar refractivity (Wildman–Crippen MR) is 71.9 cm³/mol. The molecule has 0 bridgehead atoms. The zero-order valence-corrected chi connectivity index (χ0v) is 11.8. The van der Waals surface area contributed by atoms with Gasteiger partial charge in [0.05, 0.1) is 13.7 Å². The maximum Gasteiger partial charge on any atom is 0.306 e. The summed E-state index contributed by atoms with van der Waals surface area (Å²) in [6.07, 6.45) is 2.57. The number of rotatable bonds is 7. The van der Waals surface area contributed by atoms with Crippen LogP contribution in [0.4, 0.5) is 4.39 Å². The zero-order valence-electron chi connectivity index (χ0n) is 11.8. The normalized spacial score (nSPS) is 10.3. The molecule has 4 heteroatoms. The summed E-state index contributed by atoms with van der Waals surface area (Å²) in [6.45, 7) is 4.20. The Kier molecular flexibility index (Phi) is 6.33. The number of methoxy groups -OCH3 is 1. The summed E-state index contributed by atoms with van der Waals surface area (Å²) in [6, 6.07) is 3.18. The molecule has 0 amide bonds. The van der Waals surface area contributed by atoms with Crippen LogP contribution < -0.4 is 4.74 Å². The maximum absolute atomic E-state index is 13.7. The topological polar surface area (TPSA) is 35.5 Å². The molecule has 1 aromatic rings. The van der Waals surface area contributed by atoms with E-state index >= 15 is 0 Å². The second kappa shape index (κ2) is 7.77. The van der Waals surface area contributed by atoms with Crippen molar-refractivity contribution in [3.05, 3.63) is 29.1 Å². The second-order valence-corrected chi connectivity index (χ2v) is 4.31. The van der Waals surface area contributed by atoms with Gasteiger partial charge in [-0.05, 0) is 43.0 Å². The molecule has 0 aliphatic carbocycles. The van der Waals surface area contributed by atoms with Gasteiger partial charge in [-0.2, -0.15) is 0 Å². The van der Waals surface area contributed by atoms with Gasteiger partial charge in [0, 0.05) is 6.42 Å². The van der Waals surface area contributed by atoms with Gasteiger partial charge in [0.1, 0.15) is 0 Å². The Hall–Kier alpha value is -1.58. The quantitative estimate of drug-likeness (QED) is 0.712. The van der Waals surface area contributed by atoms with Crippen LogP contribution in [-0.2, 0) is 22.4 Å². The van der Waals surface area contributed by atoms with E-state index in [-0.39, 0.29) is 24.0 Å². The fourth-order valence-corrected chi connectivity index (χ4v) is 2.00. The molecular formula is C15H21FO3. The van der Waals surface area contributed by atoms with Gasteiger partial charge in [-0.1, -0.05) is 13.3 Å². The van der Waals surface area contributed by atoms with E-state index < -0.39 is 0 Å². The molecule has 0 aliphatic rings. The minimum absolute atomic E-state index is 0.249. The highest BCUT2D eigenvalue weighted by molar-refractivity contribution is 5.69. The number of hydrogen-bond acceptors (Lipinski definition) is 3. The molecule has 0 aliphatic heterocycles. The summed E-state index contributed by atoms with van der Waals surface area (Å²) in [5, 5.41) is 0. The first kappa shape index (κ1) is 15.5. The van der Waals surface area contributed by atoms with E-state index in [2.05, 4.69) is 6.92 Å². The first-order valence-electron chi connectivity index (χ1n) is 6.63.